The smallest absolute Gasteiger partial charge is 0.260 e. The Morgan fingerprint density at radius 3 is 2.38 bits per heavy atom. The van der Waals surface area contributed by atoms with Gasteiger partial charge in [-0.15, -0.1) is 0 Å². The minimum absolute atomic E-state index is 0.0647. The largest absolute Gasteiger partial charge is 0.484 e. The molecule has 116 valence electrons. The molecule has 0 aliphatic heterocycles. The predicted molar refractivity (Wildman–Crippen MR) is 82.7 cm³/mol. The maximum absolute atomic E-state index is 11.9. The molecule has 6 heteroatoms. The standard InChI is InChI=1S/C15H21ClN2O3/c1-10-7-12(8-11(2)15(10)16)21-9-14(20)18(4)6-5-13(19)17-3/h7-8H,5-6,9H2,1-4H3,(H,17,19). The number of likely N-dealkylation sites (N-methyl/N-ethyl adjacent to an activating group) is 1. The molecule has 2 amide bonds. The number of nitrogens with one attached hydrogen (secondary N) is 1. The van der Waals surface area contributed by atoms with Gasteiger partial charge in [0.25, 0.3) is 5.91 Å². The molecular weight excluding hydrogens is 292 g/mol. The van der Waals surface area contributed by atoms with Gasteiger partial charge in [0, 0.05) is 32.1 Å². The number of rotatable bonds is 6. The minimum Gasteiger partial charge on any atom is -0.484 e. The van der Waals surface area contributed by atoms with Crippen LogP contribution in [0.3, 0.4) is 0 Å². The van der Waals surface area contributed by atoms with Crippen molar-refractivity contribution >= 4 is 23.4 Å². The van der Waals surface area contributed by atoms with Crippen molar-refractivity contribution in [2.75, 3.05) is 27.2 Å². The molecular formula is C15H21ClN2O3. The van der Waals surface area contributed by atoms with E-state index in [1.165, 1.54) is 4.90 Å². The third kappa shape index (κ3) is 5.27. The zero-order valence-electron chi connectivity index (χ0n) is 12.8. The first-order chi connectivity index (χ1) is 9.85. The van der Waals surface area contributed by atoms with E-state index in [1.807, 2.05) is 13.8 Å². The van der Waals surface area contributed by atoms with Crippen molar-refractivity contribution in [1.82, 2.24) is 10.2 Å². The third-order valence-electron chi connectivity index (χ3n) is 3.15. The van der Waals surface area contributed by atoms with E-state index in [1.54, 1.807) is 26.2 Å². The molecule has 0 aliphatic rings. The predicted octanol–water partition coefficient (Wildman–Crippen LogP) is 1.93. The fraction of sp³-hybridized carbons (Fsp3) is 0.467. The molecule has 0 heterocycles. The van der Waals surface area contributed by atoms with Gasteiger partial charge in [0.1, 0.15) is 5.75 Å². The van der Waals surface area contributed by atoms with Gasteiger partial charge in [-0.2, -0.15) is 0 Å². The Labute approximate surface area is 130 Å². The van der Waals surface area contributed by atoms with E-state index in [4.69, 9.17) is 16.3 Å². The fourth-order valence-corrected chi connectivity index (χ4v) is 1.87. The summed E-state index contributed by atoms with van der Waals surface area (Å²) in [5.41, 5.74) is 1.82. The molecule has 0 saturated carbocycles. The van der Waals surface area contributed by atoms with Crippen LogP contribution in [-0.2, 0) is 9.59 Å². The van der Waals surface area contributed by atoms with E-state index < -0.39 is 0 Å². The molecule has 0 unspecified atom stereocenters. The van der Waals surface area contributed by atoms with Gasteiger partial charge in [0.15, 0.2) is 6.61 Å². The average molecular weight is 313 g/mol. The summed E-state index contributed by atoms with van der Waals surface area (Å²) in [6, 6.07) is 3.60. The Bertz CT molecular complexity index is 509. The lowest BCUT2D eigenvalue weighted by molar-refractivity contribution is -0.132. The molecule has 0 saturated heterocycles. The molecule has 1 aromatic carbocycles. The molecule has 0 radical (unpaired) electrons. The number of aryl methyl sites for hydroxylation is 2. The summed E-state index contributed by atoms with van der Waals surface area (Å²) >= 11 is 6.08. The van der Waals surface area contributed by atoms with Crippen LogP contribution in [0.25, 0.3) is 0 Å². The summed E-state index contributed by atoms with van der Waals surface area (Å²) in [6.45, 7) is 4.07. The lowest BCUT2D eigenvalue weighted by Gasteiger charge is -2.17. The molecule has 0 spiro atoms. The van der Waals surface area contributed by atoms with Gasteiger partial charge in [-0.25, -0.2) is 0 Å². The lowest BCUT2D eigenvalue weighted by atomic mass is 10.1. The molecule has 0 bridgehead atoms. The molecule has 0 aliphatic carbocycles. The molecule has 5 nitrogen and oxygen atoms in total. The second kappa shape index (κ2) is 7.88. The molecule has 1 aromatic rings. The SMILES string of the molecule is CNC(=O)CCN(C)C(=O)COc1cc(C)c(Cl)c(C)c1. The second-order valence-electron chi connectivity index (χ2n) is 4.90. The molecule has 1 N–H and O–H groups in total. The van der Waals surface area contributed by atoms with Gasteiger partial charge in [-0.3, -0.25) is 9.59 Å². The monoisotopic (exact) mass is 312 g/mol. The highest BCUT2D eigenvalue weighted by molar-refractivity contribution is 6.32. The Kier molecular flexibility index (Phi) is 6.49. The van der Waals surface area contributed by atoms with Gasteiger partial charge >= 0.3 is 0 Å². The maximum atomic E-state index is 11.9. The number of nitrogens with zero attached hydrogens (tertiary/aromatic N) is 1. The number of ether oxygens (including phenoxy) is 1. The van der Waals surface area contributed by atoms with Gasteiger partial charge in [-0.1, -0.05) is 11.6 Å². The maximum Gasteiger partial charge on any atom is 0.260 e. The van der Waals surface area contributed by atoms with Crippen molar-refractivity contribution in [1.29, 1.82) is 0 Å². The number of carbonyl (C=O) groups excluding carboxylic acids is 2. The molecule has 0 aromatic heterocycles. The van der Waals surface area contributed by atoms with Gasteiger partial charge in [0.05, 0.1) is 0 Å². The Balaban J connectivity index is 2.51. The summed E-state index contributed by atoms with van der Waals surface area (Å²) in [5.74, 6) is 0.339. The van der Waals surface area contributed by atoms with Gasteiger partial charge in [0.2, 0.25) is 5.91 Å². The highest BCUT2D eigenvalue weighted by atomic mass is 35.5. The summed E-state index contributed by atoms with van der Waals surface area (Å²) in [5, 5.41) is 3.22. The Hall–Kier alpha value is -1.75. The topological polar surface area (TPSA) is 58.6 Å². The van der Waals surface area contributed by atoms with Gasteiger partial charge < -0.3 is 15.0 Å². The highest BCUT2D eigenvalue weighted by Crippen LogP contribution is 2.25. The minimum atomic E-state index is -0.177. The zero-order valence-corrected chi connectivity index (χ0v) is 13.6. The van der Waals surface area contributed by atoms with E-state index >= 15 is 0 Å². The van der Waals surface area contributed by atoms with Crippen molar-refractivity contribution in [3.05, 3.63) is 28.3 Å². The van der Waals surface area contributed by atoms with E-state index in [-0.39, 0.29) is 24.8 Å². The molecule has 0 fully saturated rings. The van der Waals surface area contributed by atoms with Crippen LogP contribution in [0.1, 0.15) is 17.5 Å². The normalized spacial score (nSPS) is 10.1. The van der Waals surface area contributed by atoms with Crippen LogP contribution < -0.4 is 10.1 Å². The number of amides is 2. The van der Waals surface area contributed by atoms with E-state index in [0.717, 1.165) is 11.1 Å². The van der Waals surface area contributed by atoms with E-state index in [0.29, 0.717) is 17.3 Å². The lowest BCUT2D eigenvalue weighted by Crippen LogP contribution is -2.34. The van der Waals surface area contributed by atoms with Crippen LogP contribution in [0.4, 0.5) is 0 Å². The number of hydrogen-bond donors (Lipinski definition) is 1. The van der Waals surface area contributed by atoms with Gasteiger partial charge in [-0.05, 0) is 37.1 Å². The summed E-state index contributed by atoms with van der Waals surface area (Å²) < 4.78 is 5.49. The average Bonchev–Trinajstić information content (AvgIpc) is 2.46. The van der Waals surface area contributed by atoms with Crippen molar-refractivity contribution in [3.63, 3.8) is 0 Å². The second-order valence-corrected chi connectivity index (χ2v) is 5.28. The number of halogens is 1. The van der Waals surface area contributed by atoms with Crippen LogP contribution in [0.5, 0.6) is 5.75 Å². The number of carbonyl (C=O) groups is 2. The van der Waals surface area contributed by atoms with Crippen LogP contribution in [-0.4, -0.2) is 44.0 Å². The molecule has 0 atom stereocenters. The Morgan fingerprint density at radius 2 is 1.86 bits per heavy atom. The molecule has 1 rings (SSSR count). The van der Waals surface area contributed by atoms with Crippen LogP contribution in [0.2, 0.25) is 5.02 Å². The quantitative estimate of drug-likeness (QED) is 0.873. The van der Waals surface area contributed by atoms with Crippen LogP contribution in [0.15, 0.2) is 12.1 Å². The zero-order chi connectivity index (χ0) is 16.0. The summed E-state index contributed by atoms with van der Waals surface area (Å²) in [4.78, 5) is 24.5. The summed E-state index contributed by atoms with van der Waals surface area (Å²) in [6.07, 6.45) is 0.276. The molecule has 21 heavy (non-hydrogen) atoms. The van der Waals surface area contributed by atoms with Crippen molar-refractivity contribution in [2.24, 2.45) is 0 Å². The fourth-order valence-electron chi connectivity index (χ4n) is 1.76. The first-order valence-electron chi connectivity index (χ1n) is 6.69. The first-order valence-corrected chi connectivity index (χ1v) is 7.07. The Morgan fingerprint density at radius 1 is 1.29 bits per heavy atom. The van der Waals surface area contributed by atoms with Crippen molar-refractivity contribution in [2.45, 2.75) is 20.3 Å². The van der Waals surface area contributed by atoms with Crippen molar-refractivity contribution in [3.8, 4) is 5.75 Å². The summed E-state index contributed by atoms with van der Waals surface area (Å²) in [7, 11) is 3.21. The van der Waals surface area contributed by atoms with Crippen molar-refractivity contribution < 1.29 is 14.3 Å². The van der Waals surface area contributed by atoms with E-state index in [2.05, 4.69) is 5.32 Å². The van der Waals surface area contributed by atoms with Crippen LogP contribution >= 0.6 is 11.6 Å². The van der Waals surface area contributed by atoms with Crippen LogP contribution in [0, 0.1) is 13.8 Å². The highest BCUT2D eigenvalue weighted by Gasteiger charge is 2.12. The number of benzene rings is 1. The number of hydrogen-bond acceptors (Lipinski definition) is 3. The first kappa shape index (κ1) is 17.3. The van der Waals surface area contributed by atoms with E-state index in [9.17, 15) is 9.59 Å². The third-order valence-corrected chi connectivity index (χ3v) is 3.75.